The monoisotopic (exact) mass is 182 g/mol. The van der Waals surface area contributed by atoms with E-state index in [0.717, 1.165) is 6.42 Å². The molecule has 2 N–H and O–H groups in total. The van der Waals surface area contributed by atoms with Crippen molar-refractivity contribution in [1.29, 1.82) is 0 Å². The molecule has 0 heterocycles. The number of phenols is 2. The van der Waals surface area contributed by atoms with Crippen molar-refractivity contribution < 1.29 is 14.9 Å². The molecule has 0 aliphatic heterocycles. The fraction of sp³-hybridized carbons (Fsp3) is 0.400. The van der Waals surface area contributed by atoms with Crippen molar-refractivity contribution in [3.05, 3.63) is 23.8 Å². The van der Waals surface area contributed by atoms with E-state index in [4.69, 9.17) is 4.74 Å². The van der Waals surface area contributed by atoms with Gasteiger partial charge in [0.15, 0.2) is 0 Å². The van der Waals surface area contributed by atoms with Gasteiger partial charge in [-0.05, 0) is 18.6 Å². The average Bonchev–Trinajstić information content (AvgIpc) is 2.10. The molecule has 72 valence electrons. The third kappa shape index (κ3) is 2.63. The van der Waals surface area contributed by atoms with Gasteiger partial charge in [0.25, 0.3) is 0 Å². The molecule has 0 saturated heterocycles. The van der Waals surface area contributed by atoms with Crippen molar-refractivity contribution in [3.8, 4) is 11.5 Å². The summed E-state index contributed by atoms with van der Waals surface area (Å²) < 4.78 is 5.21. The molecule has 0 aliphatic rings. The van der Waals surface area contributed by atoms with E-state index in [9.17, 15) is 10.2 Å². The molecule has 0 saturated carbocycles. The Balaban J connectivity index is 2.64. The maximum absolute atomic E-state index is 9.35. The summed E-state index contributed by atoms with van der Waals surface area (Å²) in [6, 6.07) is 4.66. The highest BCUT2D eigenvalue weighted by Crippen LogP contribution is 2.26. The summed E-state index contributed by atoms with van der Waals surface area (Å²) >= 11 is 0. The summed E-state index contributed by atoms with van der Waals surface area (Å²) in [4.78, 5) is 0. The maximum Gasteiger partial charge on any atom is 0.124 e. The topological polar surface area (TPSA) is 49.7 Å². The lowest BCUT2D eigenvalue weighted by Crippen LogP contribution is -1.94. The number of rotatable bonds is 4. The van der Waals surface area contributed by atoms with Crippen molar-refractivity contribution in [2.75, 3.05) is 6.61 Å². The van der Waals surface area contributed by atoms with Gasteiger partial charge in [-0.2, -0.15) is 0 Å². The number of benzene rings is 1. The Morgan fingerprint density at radius 3 is 2.38 bits per heavy atom. The molecule has 0 aromatic heterocycles. The maximum atomic E-state index is 9.35. The molecule has 13 heavy (non-hydrogen) atoms. The minimum Gasteiger partial charge on any atom is -0.507 e. The zero-order valence-electron chi connectivity index (χ0n) is 7.66. The summed E-state index contributed by atoms with van der Waals surface area (Å²) in [5.74, 6) is 0.159. The van der Waals surface area contributed by atoms with Crippen LogP contribution < -0.4 is 0 Å². The Kier molecular flexibility index (Phi) is 3.58. The van der Waals surface area contributed by atoms with Gasteiger partial charge < -0.3 is 14.9 Å². The SMILES string of the molecule is CCCOCc1c(O)cccc1O. The highest BCUT2D eigenvalue weighted by molar-refractivity contribution is 5.42. The van der Waals surface area contributed by atoms with Gasteiger partial charge in [0.05, 0.1) is 12.2 Å². The molecule has 0 fully saturated rings. The normalized spacial score (nSPS) is 10.2. The second-order valence-corrected chi connectivity index (χ2v) is 2.83. The van der Waals surface area contributed by atoms with Gasteiger partial charge in [-0.1, -0.05) is 13.0 Å². The van der Waals surface area contributed by atoms with Crippen LogP contribution in [0.25, 0.3) is 0 Å². The van der Waals surface area contributed by atoms with Crippen LogP contribution in [0, 0.1) is 0 Å². The third-order valence-electron chi connectivity index (χ3n) is 1.72. The zero-order valence-corrected chi connectivity index (χ0v) is 7.66. The van der Waals surface area contributed by atoms with Gasteiger partial charge in [0.2, 0.25) is 0 Å². The van der Waals surface area contributed by atoms with Crippen LogP contribution in [0.5, 0.6) is 11.5 Å². The van der Waals surface area contributed by atoms with Gasteiger partial charge in [-0.3, -0.25) is 0 Å². The highest BCUT2D eigenvalue weighted by atomic mass is 16.5. The van der Waals surface area contributed by atoms with Crippen LogP contribution in [-0.4, -0.2) is 16.8 Å². The molecule has 0 unspecified atom stereocenters. The molecule has 0 bridgehead atoms. The summed E-state index contributed by atoms with van der Waals surface area (Å²) in [7, 11) is 0. The Morgan fingerprint density at radius 1 is 1.23 bits per heavy atom. The lowest BCUT2D eigenvalue weighted by atomic mass is 10.2. The predicted molar refractivity (Wildman–Crippen MR) is 49.7 cm³/mol. The van der Waals surface area contributed by atoms with Crippen molar-refractivity contribution in [3.63, 3.8) is 0 Å². The van der Waals surface area contributed by atoms with Crippen LogP contribution in [-0.2, 0) is 11.3 Å². The van der Waals surface area contributed by atoms with Gasteiger partial charge >= 0.3 is 0 Å². The first kappa shape index (κ1) is 9.86. The summed E-state index contributed by atoms with van der Waals surface area (Å²) in [5.41, 5.74) is 0.455. The lowest BCUT2D eigenvalue weighted by molar-refractivity contribution is 0.118. The second-order valence-electron chi connectivity index (χ2n) is 2.83. The van der Waals surface area contributed by atoms with Gasteiger partial charge in [0, 0.05) is 6.61 Å². The Labute approximate surface area is 77.6 Å². The quantitative estimate of drug-likeness (QED) is 0.700. The van der Waals surface area contributed by atoms with Crippen LogP contribution in [0.2, 0.25) is 0 Å². The van der Waals surface area contributed by atoms with E-state index in [1.807, 2.05) is 6.92 Å². The molecule has 1 rings (SSSR count). The van der Waals surface area contributed by atoms with Crippen LogP contribution >= 0.6 is 0 Å². The fourth-order valence-corrected chi connectivity index (χ4v) is 1.03. The number of aromatic hydroxyl groups is 2. The Morgan fingerprint density at radius 2 is 1.85 bits per heavy atom. The molecule has 0 spiro atoms. The predicted octanol–water partition coefficient (Wildman–Crippen LogP) is 2.02. The Bertz CT molecular complexity index is 251. The van der Waals surface area contributed by atoms with Crippen molar-refractivity contribution in [1.82, 2.24) is 0 Å². The van der Waals surface area contributed by atoms with E-state index in [1.54, 1.807) is 6.07 Å². The summed E-state index contributed by atoms with van der Waals surface area (Å²) in [6.45, 7) is 2.89. The molecule has 0 aliphatic carbocycles. The molecule has 0 radical (unpaired) electrons. The van der Waals surface area contributed by atoms with Crippen LogP contribution in [0.1, 0.15) is 18.9 Å². The fourth-order valence-electron chi connectivity index (χ4n) is 1.03. The molecule has 0 atom stereocenters. The molecule has 1 aromatic rings. The zero-order chi connectivity index (χ0) is 9.68. The van der Waals surface area contributed by atoms with Gasteiger partial charge in [-0.15, -0.1) is 0 Å². The number of phenolic OH excluding ortho intramolecular Hbond substituents is 2. The lowest BCUT2D eigenvalue weighted by Gasteiger charge is -2.06. The van der Waals surface area contributed by atoms with Crippen molar-refractivity contribution in [2.45, 2.75) is 20.0 Å². The first-order chi connectivity index (χ1) is 6.25. The van der Waals surface area contributed by atoms with Crippen molar-refractivity contribution >= 4 is 0 Å². The molecular weight excluding hydrogens is 168 g/mol. The smallest absolute Gasteiger partial charge is 0.124 e. The number of ether oxygens (including phenoxy) is 1. The average molecular weight is 182 g/mol. The second kappa shape index (κ2) is 4.72. The minimum atomic E-state index is 0.0797. The summed E-state index contributed by atoms with van der Waals surface area (Å²) in [5, 5.41) is 18.7. The first-order valence-electron chi connectivity index (χ1n) is 4.33. The molecule has 3 heteroatoms. The van der Waals surface area contributed by atoms with Gasteiger partial charge in [-0.25, -0.2) is 0 Å². The molecule has 0 amide bonds. The van der Waals surface area contributed by atoms with E-state index in [-0.39, 0.29) is 18.1 Å². The molecule has 3 nitrogen and oxygen atoms in total. The van der Waals surface area contributed by atoms with Crippen LogP contribution in [0.3, 0.4) is 0 Å². The minimum absolute atomic E-state index is 0.0797. The summed E-state index contributed by atoms with van der Waals surface area (Å²) in [6.07, 6.45) is 0.925. The van der Waals surface area contributed by atoms with E-state index in [2.05, 4.69) is 0 Å². The van der Waals surface area contributed by atoms with Gasteiger partial charge in [0.1, 0.15) is 11.5 Å². The van der Waals surface area contributed by atoms with Crippen LogP contribution in [0.4, 0.5) is 0 Å². The van der Waals surface area contributed by atoms with E-state index < -0.39 is 0 Å². The van der Waals surface area contributed by atoms with Crippen LogP contribution in [0.15, 0.2) is 18.2 Å². The highest BCUT2D eigenvalue weighted by Gasteiger charge is 2.05. The molecule has 1 aromatic carbocycles. The third-order valence-corrected chi connectivity index (χ3v) is 1.72. The van der Waals surface area contributed by atoms with E-state index in [0.29, 0.717) is 12.2 Å². The largest absolute Gasteiger partial charge is 0.507 e. The number of hydrogen-bond acceptors (Lipinski definition) is 3. The van der Waals surface area contributed by atoms with E-state index >= 15 is 0 Å². The standard InChI is InChI=1S/C10H14O3/c1-2-6-13-7-8-9(11)4-3-5-10(8)12/h3-5,11-12H,2,6-7H2,1H3. The molecular formula is C10H14O3. The number of hydrogen-bond donors (Lipinski definition) is 2. The van der Waals surface area contributed by atoms with E-state index in [1.165, 1.54) is 12.1 Å². The van der Waals surface area contributed by atoms with Crippen molar-refractivity contribution in [2.24, 2.45) is 0 Å². The Hall–Kier alpha value is -1.22. The first-order valence-corrected chi connectivity index (χ1v) is 4.33.